The molecule has 0 bridgehead atoms. The summed E-state index contributed by atoms with van der Waals surface area (Å²) in [6, 6.07) is 14.9. The van der Waals surface area contributed by atoms with Gasteiger partial charge in [0.05, 0.1) is 0 Å². The molecule has 0 aliphatic carbocycles. The topological polar surface area (TPSA) is 64.6 Å². The highest BCUT2D eigenvalue weighted by Gasteiger charge is 2.17. The van der Waals surface area contributed by atoms with Gasteiger partial charge in [0.2, 0.25) is 0 Å². The largest absolute Gasteiger partial charge is 0.482 e. The predicted octanol–water partition coefficient (Wildman–Crippen LogP) is 2.50. The summed E-state index contributed by atoms with van der Waals surface area (Å²) in [6.45, 7) is 1.59. The molecule has 0 fully saturated rings. The van der Waals surface area contributed by atoms with Crippen molar-refractivity contribution < 1.29 is 23.5 Å². The van der Waals surface area contributed by atoms with Crippen molar-refractivity contribution in [3.05, 3.63) is 66.0 Å². The van der Waals surface area contributed by atoms with E-state index >= 15 is 0 Å². The Morgan fingerprint density at radius 1 is 1.08 bits per heavy atom. The van der Waals surface area contributed by atoms with Gasteiger partial charge in [0.15, 0.2) is 12.7 Å². The van der Waals surface area contributed by atoms with Gasteiger partial charge in [-0.15, -0.1) is 0 Å². The lowest BCUT2D eigenvalue weighted by Crippen LogP contribution is -2.37. The molecule has 0 radical (unpaired) electrons. The fourth-order valence-electron chi connectivity index (χ4n) is 2.07. The summed E-state index contributed by atoms with van der Waals surface area (Å²) >= 11 is 0. The summed E-state index contributed by atoms with van der Waals surface area (Å²) in [4.78, 5) is 23.6. The Labute approximate surface area is 145 Å². The van der Waals surface area contributed by atoms with Crippen molar-refractivity contribution in [3.8, 4) is 5.75 Å². The summed E-state index contributed by atoms with van der Waals surface area (Å²) in [6.07, 6.45) is -0.357. The number of rotatable bonds is 8. The standard InChI is InChI=1S/C19H20FNO4/c1-14(25-18(22)13-24-17-5-3-2-4-6-17)19(23)21-12-11-15-7-9-16(20)10-8-15/h2-10,14H,11-13H2,1H3,(H,21,23)/t14-/m1/s1. The average molecular weight is 345 g/mol. The molecule has 0 spiro atoms. The smallest absolute Gasteiger partial charge is 0.344 e. The highest BCUT2D eigenvalue weighted by atomic mass is 19.1. The number of amides is 1. The van der Waals surface area contributed by atoms with Crippen LogP contribution >= 0.6 is 0 Å². The Morgan fingerprint density at radius 3 is 2.44 bits per heavy atom. The third-order valence-corrected chi connectivity index (χ3v) is 3.40. The highest BCUT2D eigenvalue weighted by molar-refractivity contribution is 5.83. The van der Waals surface area contributed by atoms with Crippen molar-refractivity contribution in [2.45, 2.75) is 19.4 Å². The molecule has 2 rings (SSSR count). The molecule has 132 valence electrons. The maximum absolute atomic E-state index is 12.8. The number of carbonyl (C=O) groups excluding carboxylic acids is 2. The third-order valence-electron chi connectivity index (χ3n) is 3.40. The Bertz CT molecular complexity index is 688. The molecule has 0 unspecified atom stereocenters. The molecule has 0 aromatic heterocycles. The average Bonchev–Trinajstić information content (AvgIpc) is 2.62. The second-order valence-electron chi connectivity index (χ2n) is 5.40. The van der Waals surface area contributed by atoms with E-state index in [1.54, 1.807) is 36.4 Å². The number of carbonyl (C=O) groups is 2. The lowest BCUT2D eigenvalue weighted by atomic mass is 10.1. The quantitative estimate of drug-likeness (QED) is 0.747. The van der Waals surface area contributed by atoms with Crippen molar-refractivity contribution >= 4 is 11.9 Å². The van der Waals surface area contributed by atoms with Gasteiger partial charge in [0.25, 0.3) is 5.91 Å². The van der Waals surface area contributed by atoms with Gasteiger partial charge in [-0.1, -0.05) is 30.3 Å². The zero-order valence-corrected chi connectivity index (χ0v) is 13.9. The molecule has 6 heteroatoms. The van der Waals surface area contributed by atoms with Crippen molar-refractivity contribution in [2.75, 3.05) is 13.2 Å². The van der Waals surface area contributed by atoms with E-state index in [2.05, 4.69) is 5.32 Å². The van der Waals surface area contributed by atoms with E-state index in [0.29, 0.717) is 18.7 Å². The van der Waals surface area contributed by atoms with Crippen LogP contribution in [-0.2, 0) is 20.7 Å². The number of benzene rings is 2. The number of halogens is 1. The maximum Gasteiger partial charge on any atom is 0.344 e. The van der Waals surface area contributed by atoms with E-state index in [-0.39, 0.29) is 12.4 Å². The minimum absolute atomic E-state index is 0.267. The highest BCUT2D eigenvalue weighted by Crippen LogP contribution is 2.08. The second kappa shape index (κ2) is 9.42. The first-order chi connectivity index (χ1) is 12.0. The molecule has 0 saturated heterocycles. The van der Waals surface area contributed by atoms with Gasteiger partial charge in [-0.2, -0.15) is 0 Å². The molecular formula is C19H20FNO4. The molecule has 2 aromatic rings. The zero-order chi connectivity index (χ0) is 18.1. The molecule has 0 saturated carbocycles. The zero-order valence-electron chi connectivity index (χ0n) is 13.9. The first-order valence-corrected chi connectivity index (χ1v) is 7.94. The van der Waals surface area contributed by atoms with Crippen LogP contribution in [0.4, 0.5) is 4.39 Å². The van der Waals surface area contributed by atoms with Crippen LogP contribution in [0, 0.1) is 5.82 Å². The minimum Gasteiger partial charge on any atom is -0.482 e. The molecule has 1 atom stereocenters. The van der Waals surface area contributed by atoms with Crippen LogP contribution in [0.15, 0.2) is 54.6 Å². The van der Waals surface area contributed by atoms with Crippen LogP contribution in [0.3, 0.4) is 0 Å². The monoisotopic (exact) mass is 345 g/mol. The molecular weight excluding hydrogens is 325 g/mol. The molecule has 0 aliphatic rings. The van der Waals surface area contributed by atoms with Crippen LogP contribution in [0.1, 0.15) is 12.5 Å². The molecule has 0 aliphatic heterocycles. The van der Waals surface area contributed by atoms with E-state index in [4.69, 9.17) is 9.47 Å². The summed E-state index contributed by atoms with van der Waals surface area (Å²) in [5.74, 6) is -0.762. The first kappa shape index (κ1) is 18.4. The maximum atomic E-state index is 12.8. The summed E-state index contributed by atoms with van der Waals surface area (Å²) in [5.41, 5.74) is 0.905. The first-order valence-electron chi connectivity index (χ1n) is 7.94. The fraction of sp³-hybridized carbons (Fsp3) is 0.263. The molecule has 0 heterocycles. The van der Waals surface area contributed by atoms with E-state index in [1.807, 2.05) is 6.07 Å². The Morgan fingerprint density at radius 2 is 1.76 bits per heavy atom. The van der Waals surface area contributed by atoms with Gasteiger partial charge in [-0.05, 0) is 43.2 Å². The van der Waals surface area contributed by atoms with Crippen molar-refractivity contribution in [3.63, 3.8) is 0 Å². The van der Waals surface area contributed by atoms with Gasteiger partial charge in [-0.25, -0.2) is 9.18 Å². The number of esters is 1. The number of hydrogen-bond acceptors (Lipinski definition) is 4. The summed E-state index contributed by atoms with van der Waals surface area (Å²) < 4.78 is 23.1. The molecule has 5 nitrogen and oxygen atoms in total. The van der Waals surface area contributed by atoms with Crippen LogP contribution in [-0.4, -0.2) is 31.1 Å². The molecule has 2 aromatic carbocycles. The van der Waals surface area contributed by atoms with Gasteiger partial charge in [0, 0.05) is 6.54 Å². The lowest BCUT2D eigenvalue weighted by molar-refractivity contribution is -0.156. The normalized spacial score (nSPS) is 11.4. The fourth-order valence-corrected chi connectivity index (χ4v) is 2.07. The van der Waals surface area contributed by atoms with E-state index in [1.165, 1.54) is 19.1 Å². The van der Waals surface area contributed by atoms with E-state index < -0.39 is 18.0 Å². The Balaban J connectivity index is 1.66. The van der Waals surface area contributed by atoms with Crippen molar-refractivity contribution in [1.82, 2.24) is 5.32 Å². The van der Waals surface area contributed by atoms with Gasteiger partial charge in [-0.3, -0.25) is 4.79 Å². The second-order valence-corrected chi connectivity index (χ2v) is 5.40. The van der Waals surface area contributed by atoms with Crippen molar-refractivity contribution in [1.29, 1.82) is 0 Å². The molecule has 1 amide bonds. The van der Waals surface area contributed by atoms with E-state index in [9.17, 15) is 14.0 Å². The number of ether oxygens (including phenoxy) is 2. The number of para-hydroxylation sites is 1. The minimum atomic E-state index is -0.917. The summed E-state index contributed by atoms with van der Waals surface area (Å²) in [5, 5.41) is 2.67. The van der Waals surface area contributed by atoms with Gasteiger partial charge in [0.1, 0.15) is 11.6 Å². The number of hydrogen-bond donors (Lipinski definition) is 1. The van der Waals surface area contributed by atoms with Gasteiger partial charge < -0.3 is 14.8 Å². The van der Waals surface area contributed by atoms with Gasteiger partial charge >= 0.3 is 5.97 Å². The van der Waals surface area contributed by atoms with Crippen molar-refractivity contribution in [2.24, 2.45) is 0 Å². The molecule has 25 heavy (non-hydrogen) atoms. The predicted molar refractivity (Wildman–Crippen MR) is 90.6 cm³/mol. The van der Waals surface area contributed by atoms with Crippen LogP contribution in [0.2, 0.25) is 0 Å². The third kappa shape index (κ3) is 6.63. The van der Waals surface area contributed by atoms with Crippen LogP contribution in [0.5, 0.6) is 5.75 Å². The van der Waals surface area contributed by atoms with Crippen LogP contribution < -0.4 is 10.1 Å². The van der Waals surface area contributed by atoms with Crippen LogP contribution in [0.25, 0.3) is 0 Å². The molecule has 1 N–H and O–H groups in total. The lowest BCUT2D eigenvalue weighted by Gasteiger charge is -2.14. The van der Waals surface area contributed by atoms with E-state index in [0.717, 1.165) is 5.56 Å². The SMILES string of the molecule is C[C@@H](OC(=O)COc1ccccc1)C(=O)NCCc1ccc(F)cc1. The Hall–Kier alpha value is -2.89. The Kier molecular flexibility index (Phi) is 6.95. The number of nitrogens with one attached hydrogen (secondary N) is 1. The summed E-state index contributed by atoms with van der Waals surface area (Å²) in [7, 11) is 0.